The number of nitro groups is 1. The van der Waals surface area contributed by atoms with Gasteiger partial charge in [0.2, 0.25) is 0 Å². The van der Waals surface area contributed by atoms with Gasteiger partial charge in [0, 0.05) is 0 Å². The Balaban J connectivity index is 3.05. The first kappa shape index (κ1) is 5.35. The van der Waals surface area contributed by atoms with Crippen LogP contribution in [-0.2, 0) is 0 Å². The lowest BCUT2D eigenvalue weighted by atomic mass is 13.4. The van der Waals surface area contributed by atoms with Crippen molar-refractivity contribution in [3.05, 3.63) is 15.0 Å². The molecule has 0 aliphatic rings. The van der Waals surface area contributed by atoms with E-state index in [9.17, 15) is 0 Å². The van der Waals surface area contributed by atoms with Crippen molar-refractivity contribution in [3.8, 4) is 0 Å². The summed E-state index contributed by atoms with van der Waals surface area (Å²) in [6.45, 7) is 0. The molecule has 0 aromatic carbocycles. The molecule has 5 nitrogen and oxygen atoms in total. The zero-order valence-corrected chi connectivity index (χ0v) is 3.34. The van der Waals surface area contributed by atoms with E-state index >= 15 is 0 Å². The quantitative estimate of drug-likeness (QED) is 0.224. The van der Waals surface area contributed by atoms with Crippen molar-refractivity contribution in [3.63, 3.8) is 0 Å². The molecule has 0 N–H and O–H groups in total. The van der Waals surface area contributed by atoms with Crippen LogP contribution in [0, 0.1) is 15.0 Å². The summed E-state index contributed by atoms with van der Waals surface area (Å²) >= 11 is -0.222. The number of rotatable bonds is 2. The molecule has 0 bridgehead atoms. The van der Waals surface area contributed by atoms with Gasteiger partial charge in [0.15, 0.2) is 0 Å². The molecular weight excluding hydrogens is 108 g/mol. The summed E-state index contributed by atoms with van der Waals surface area (Å²) in [5, 5.41) is 9.07. The topological polar surface area (TPSA) is 72.6 Å². The fraction of sp³-hybridized carbons (Fsp3) is 0. The Bertz CT molecular complexity index is 69.2. The second-order valence-corrected chi connectivity index (χ2v) is 0.990. The van der Waals surface area contributed by atoms with E-state index in [1.807, 2.05) is 4.58 Å². The van der Waals surface area contributed by atoms with Crippen molar-refractivity contribution < 1.29 is 4.33 Å². The van der Waals surface area contributed by atoms with Crippen molar-refractivity contribution in [2.75, 3.05) is 0 Å². The van der Waals surface area contributed by atoms with Crippen LogP contribution in [0.4, 0.5) is 0 Å². The fourth-order valence-electron chi connectivity index (χ4n) is 0.0272. The van der Waals surface area contributed by atoms with Crippen LogP contribution >= 0.6 is 12.1 Å². The number of nitrogens with zero attached hydrogens (tertiary/aromatic N) is 2. The van der Waals surface area contributed by atoms with Crippen LogP contribution in [0.3, 0.4) is 0 Å². The van der Waals surface area contributed by atoms with Gasteiger partial charge in [-0.3, -0.25) is 0 Å². The Labute approximate surface area is 37.1 Å². The zero-order chi connectivity index (χ0) is 4.99. The van der Waals surface area contributed by atoms with Crippen LogP contribution in [0.15, 0.2) is 4.58 Å². The van der Waals surface area contributed by atoms with Crippen LogP contribution in [0.25, 0.3) is 0 Å². The lowest BCUT2D eigenvalue weighted by molar-refractivity contribution is -0.284. The largest absolute Gasteiger partial charge is 0.416 e. The molecule has 0 aliphatic carbocycles. The average Bonchev–Trinajstić information content (AvgIpc) is 1.35. The predicted molar refractivity (Wildman–Crippen MR) is 20.4 cm³/mol. The minimum atomic E-state index is -0.882. The van der Waals surface area contributed by atoms with Crippen LogP contribution in [0.2, 0.25) is 0 Å². The second-order valence-electron chi connectivity index (χ2n) is 0.380. The van der Waals surface area contributed by atoms with Crippen LogP contribution in [0.5, 0.6) is 0 Å². The van der Waals surface area contributed by atoms with E-state index in [0.29, 0.717) is 0 Å². The van der Waals surface area contributed by atoms with Crippen LogP contribution < -0.4 is 0 Å². The van der Waals surface area contributed by atoms with Gasteiger partial charge in [0.25, 0.3) is 0 Å². The van der Waals surface area contributed by atoms with E-state index in [2.05, 4.69) is 0 Å². The molecule has 0 radical (unpaired) electrons. The first-order valence-corrected chi connectivity index (χ1v) is 1.64. The molecule has 0 heterocycles. The first-order valence-electron chi connectivity index (χ1n) is 0.913. The molecule has 0 fully saturated rings. The van der Waals surface area contributed by atoms with Crippen molar-refractivity contribution in [2.24, 2.45) is 4.58 Å². The van der Waals surface area contributed by atoms with E-state index in [1.165, 1.54) is 0 Å². The van der Waals surface area contributed by atoms with Gasteiger partial charge in [-0.05, 0) is 0 Å². The standard InChI is InChI=1S/N2O3S/c3-1-6-2(4)5. The molecule has 0 saturated carbocycles. The molecule has 0 rings (SSSR count). The molecule has 6 heteroatoms. The monoisotopic (exact) mass is 108 g/mol. The predicted octanol–water partition coefficient (Wildman–Crippen LogP) is 0.593. The molecular formula is N2O3S. The minimum absolute atomic E-state index is 0.222. The van der Waals surface area contributed by atoms with E-state index in [1.54, 1.807) is 0 Å². The maximum atomic E-state index is 9.07. The van der Waals surface area contributed by atoms with Crippen molar-refractivity contribution in [2.45, 2.75) is 0 Å². The van der Waals surface area contributed by atoms with Gasteiger partial charge < -0.3 is 0 Å². The number of hydrogen-bond acceptors (Lipinski definition) is 5. The van der Waals surface area contributed by atoms with Gasteiger partial charge in [-0.15, -0.1) is 4.91 Å². The summed E-state index contributed by atoms with van der Waals surface area (Å²) in [6, 6.07) is 0. The third-order valence-electron chi connectivity index (χ3n) is 0.100. The van der Waals surface area contributed by atoms with Crippen molar-refractivity contribution in [1.29, 1.82) is 0 Å². The number of nitroso groups, excluding NO2 is 1. The van der Waals surface area contributed by atoms with Crippen LogP contribution in [0.1, 0.15) is 0 Å². The molecule has 0 atom stereocenters. The number of hydrogen-bond donors (Lipinski definition) is 0. The first-order chi connectivity index (χ1) is 2.77. The third kappa shape index (κ3) is 3.35. The Hall–Kier alpha value is -0.650. The molecule has 0 unspecified atom stereocenters. The van der Waals surface area contributed by atoms with Crippen molar-refractivity contribution >= 4 is 12.1 Å². The molecule has 0 aromatic rings. The Morgan fingerprint density at radius 1 is 1.83 bits per heavy atom. The summed E-state index contributed by atoms with van der Waals surface area (Å²) in [5.74, 6) is 0. The molecule has 34 valence electrons. The van der Waals surface area contributed by atoms with Crippen molar-refractivity contribution in [1.82, 2.24) is 0 Å². The maximum absolute atomic E-state index is 9.07. The third-order valence-corrected chi connectivity index (χ3v) is 0.300. The normalized spacial score (nSPS) is 7.33. The highest BCUT2D eigenvalue weighted by atomic mass is 32.2. The summed E-state index contributed by atoms with van der Waals surface area (Å²) in [6.07, 6.45) is 0. The smallest absolute Gasteiger partial charge is 0.249 e. The summed E-state index contributed by atoms with van der Waals surface area (Å²) in [7, 11) is 0. The van der Waals surface area contributed by atoms with E-state index in [4.69, 9.17) is 15.0 Å². The van der Waals surface area contributed by atoms with E-state index in [-0.39, 0.29) is 12.1 Å². The zero-order valence-electron chi connectivity index (χ0n) is 2.53. The average molecular weight is 108 g/mol. The van der Waals surface area contributed by atoms with Gasteiger partial charge in [-0.25, -0.2) is 10.1 Å². The summed E-state index contributed by atoms with van der Waals surface area (Å²) in [5.41, 5.74) is 0. The summed E-state index contributed by atoms with van der Waals surface area (Å²) < 4.78 is 1.02. The fourth-order valence-corrected chi connectivity index (χ4v) is 0.0816. The highest BCUT2D eigenvalue weighted by molar-refractivity contribution is 7.91. The van der Waals surface area contributed by atoms with E-state index < -0.39 is 4.33 Å². The van der Waals surface area contributed by atoms with E-state index in [0.717, 1.165) is 0 Å². The van der Waals surface area contributed by atoms with Gasteiger partial charge in [-0.2, -0.15) is 0 Å². The minimum Gasteiger partial charge on any atom is -0.249 e. The van der Waals surface area contributed by atoms with Gasteiger partial charge in [0.05, 0.1) is 4.58 Å². The highest BCUT2D eigenvalue weighted by Crippen LogP contribution is 1.96. The second kappa shape index (κ2) is 2.58. The van der Waals surface area contributed by atoms with Gasteiger partial charge in [-0.1, -0.05) is 0 Å². The molecule has 6 heavy (non-hydrogen) atoms. The Morgan fingerprint density at radius 2 is 2.33 bits per heavy atom. The molecule has 0 saturated heterocycles. The van der Waals surface area contributed by atoms with Crippen LogP contribution in [-0.4, -0.2) is 4.33 Å². The molecule has 0 aliphatic heterocycles. The lowest BCUT2D eigenvalue weighted by Crippen LogP contribution is -1.74. The molecule has 0 spiro atoms. The summed E-state index contributed by atoms with van der Waals surface area (Å²) in [4.78, 5) is 18.0. The Kier molecular flexibility index (Phi) is 2.30. The van der Waals surface area contributed by atoms with Gasteiger partial charge in [0.1, 0.15) is 4.33 Å². The molecule has 0 aromatic heterocycles. The Morgan fingerprint density at radius 3 is 2.33 bits per heavy atom. The SMILES string of the molecule is O=NS[N+](=O)[O-]. The van der Waals surface area contributed by atoms with Gasteiger partial charge >= 0.3 is 12.1 Å². The maximum Gasteiger partial charge on any atom is 0.416 e. The lowest BCUT2D eigenvalue weighted by Gasteiger charge is -1.66. The highest BCUT2D eigenvalue weighted by Gasteiger charge is 1.94. The molecule has 0 amide bonds.